The summed E-state index contributed by atoms with van der Waals surface area (Å²) in [5.74, 6) is -1.39. The molecule has 1 N–H and O–H groups in total. The molecule has 1 fully saturated rings. The largest absolute Gasteiger partial charge is 0.491 e. The molecule has 1 aliphatic heterocycles. The molecule has 0 unspecified atom stereocenters. The number of ether oxygens (including phenoxy) is 1. The van der Waals surface area contributed by atoms with Gasteiger partial charge in [-0.2, -0.15) is 0 Å². The number of hydrogen-bond donors (Lipinski definition) is 1. The van der Waals surface area contributed by atoms with Gasteiger partial charge in [0.1, 0.15) is 24.0 Å². The third kappa shape index (κ3) is 7.98. The van der Waals surface area contributed by atoms with Crippen LogP contribution >= 0.6 is 22.9 Å². The molecule has 0 radical (unpaired) electrons. The highest BCUT2D eigenvalue weighted by Gasteiger charge is 2.23. The Morgan fingerprint density at radius 1 is 1.00 bits per heavy atom. The molecule has 0 spiro atoms. The lowest BCUT2D eigenvalue weighted by atomic mass is 9.99. The third-order valence-electron chi connectivity index (χ3n) is 7.92. The Morgan fingerprint density at radius 3 is 2.52 bits per heavy atom. The summed E-state index contributed by atoms with van der Waals surface area (Å²) in [7, 11) is 3.96. The standard InChI is InChI=1S/C36H35ClF2N6O2S/c1-44(2)18-19-47-31-13-12-25(22-26(31)37)41-35-40-15-14-29(42-35)34-33(43-36(48-34)45-16-4-3-5-17-45)24-9-6-8-23(20-24)21-30(46)32-27(38)10-7-11-28(32)39/h6-15,20,22H,3-5,16-19,21H2,1-2H3,(H,40,41,42). The van der Waals surface area contributed by atoms with E-state index in [2.05, 4.69) is 15.2 Å². The van der Waals surface area contributed by atoms with Gasteiger partial charge in [0.05, 0.1) is 26.9 Å². The highest BCUT2D eigenvalue weighted by molar-refractivity contribution is 7.19. The molecule has 0 aliphatic carbocycles. The zero-order valence-corrected chi connectivity index (χ0v) is 28.3. The highest BCUT2D eigenvalue weighted by atomic mass is 35.5. The Hall–Kier alpha value is -4.45. The van der Waals surface area contributed by atoms with Crippen molar-refractivity contribution in [2.24, 2.45) is 0 Å². The molecule has 5 aromatic rings. The maximum absolute atomic E-state index is 14.3. The normalized spacial score (nSPS) is 13.2. The zero-order chi connectivity index (χ0) is 33.6. The van der Waals surface area contributed by atoms with Gasteiger partial charge in [0.15, 0.2) is 10.9 Å². The molecule has 0 saturated carbocycles. The predicted octanol–water partition coefficient (Wildman–Crippen LogP) is 8.30. The monoisotopic (exact) mass is 688 g/mol. The van der Waals surface area contributed by atoms with Gasteiger partial charge in [-0.05, 0) is 81.4 Å². The minimum absolute atomic E-state index is 0.159. The number of thiazole rings is 1. The molecule has 6 rings (SSSR count). The summed E-state index contributed by atoms with van der Waals surface area (Å²) >= 11 is 8.06. The first-order valence-electron chi connectivity index (χ1n) is 15.7. The lowest BCUT2D eigenvalue weighted by Crippen LogP contribution is -2.29. The van der Waals surface area contributed by atoms with Crippen molar-refractivity contribution in [3.63, 3.8) is 0 Å². The van der Waals surface area contributed by atoms with Crippen LogP contribution in [0.3, 0.4) is 0 Å². The molecular weight excluding hydrogens is 654 g/mol. The minimum atomic E-state index is -0.871. The van der Waals surface area contributed by atoms with Gasteiger partial charge in [0.25, 0.3) is 0 Å². The van der Waals surface area contributed by atoms with Crippen molar-refractivity contribution in [1.29, 1.82) is 0 Å². The maximum Gasteiger partial charge on any atom is 0.227 e. The molecule has 0 amide bonds. The average Bonchev–Trinajstić information content (AvgIpc) is 3.52. The van der Waals surface area contributed by atoms with Crippen molar-refractivity contribution in [1.82, 2.24) is 19.9 Å². The third-order valence-corrected chi connectivity index (χ3v) is 9.36. The number of halogens is 3. The van der Waals surface area contributed by atoms with Crippen LogP contribution in [-0.2, 0) is 6.42 Å². The van der Waals surface area contributed by atoms with Crippen LogP contribution in [0.25, 0.3) is 21.8 Å². The summed E-state index contributed by atoms with van der Waals surface area (Å²) in [6.07, 6.45) is 4.91. The molecule has 2 aromatic heterocycles. The SMILES string of the molecule is CN(C)CCOc1ccc(Nc2nccc(-c3sc(N4CCCCC4)nc3-c3cccc(CC(=O)c4c(F)cccc4F)c3)n2)cc1Cl. The van der Waals surface area contributed by atoms with Crippen LogP contribution in [-0.4, -0.2) is 66.0 Å². The Morgan fingerprint density at radius 2 is 1.77 bits per heavy atom. The molecule has 48 heavy (non-hydrogen) atoms. The molecule has 1 saturated heterocycles. The Balaban J connectivity index is 1.29. The second-order valence-corrected chi connectivity index (χ2v) is 13.2. The van der Waals surface area contributed by atoms with Crippen LogP contribution in [0.2, 0.25) is 5.02 Å². The number of hydrogen-bond acceptors (Lipinski definition) is 9. The lowest BCUT2D eigenvalue weighted by molar-refractivity contribution is 0.0985. The summed E-state index contributed by atoms with van der Waals surface area (Å²) in [5, 5.41) is 4.61. The van der Waals surface area contributed by atoms with Crippen LogP contribution in [0.4, 0.5) is 25.5 Å². The summed E-state index contributed by atoms with van der Waals surface area (Å²) in [4.78, 5) is 32.5. The molecule has 8 nitrogen and oxygen atoms in total. The molecule has 3 aromatic carbocycles. The van der Waals surface area contributed by atoms with Crippen LogP contribution in [0.15, 0.2) is 72.9 Å². The van der Waals surface area contributed by atoms with Crippen molar-refractivity contribution in [3.8, 4) is 27.6 Å². The number of ketones is 1. The van der Waals surface area contributed by atoms with Crippen LogP contribution < -0.4 is 15.0 Å². The van der Waals surface area contributed by atoms with E-state index in [-0.39, 0.29) is 6.42 Å². The first-order valence-corrected chi connectivity index (χ1v) is 16.9. The van der Waals surface area contributed by atoms with E-state index in [4.69, 9.17) is 26.3 Å². The Kier molecular flexibility index (Phi) is 10.6. The van der Waals surface area contributed by atoms with E-state index in [0.717, 1.165) is 60.2 Å². The van der Waals surface area contributed by atoms with Crippen molar-refractivity contribution >= 4 is 45.5 Å². The van der Waals surface area contributed by atoms with E-state index in [1.54, 1.807) is 29.7 Å². The quantitative estimate of drug-likeness (QED) is 0.131. The molecule has 248 valence electrons. The van der Waals surface area contributed by atoms with Gasteiger partial charge in [0.2, 0.25) is 5.95 Å². The second kappa shape index (κ2) is 15.2. The summed E-state index contributed by atoms with van der Waals surface area (Å²) in [6.45, 7) is 3.12. The number of nitrogens with one attached hydrogen (secondary N) is 1. The Labute approximate surface area is 287 Å². The van der Waals surface area contributed by atoms with Crippen molar-refractivity contribution < 1.29 is 18.3 Å². The number of Topliss-reactive ketones (excluding diaryl/α,β-unsaturated/α-hetero) is 1. The summed E-state index contributed by atoms with van der Waals surface area (Å²) in [6, 6.07) is 18.1. The van der Waals surface area contributed by atoms with Crippen LogP contribution in [0.1, 0.15) is 35.2 Å². The van der Waals surface area contributed by atoms with Crippen LogP contribution in [0.5, 0.6) is 5.75 Å². The first-order chi connectivity index (χ1) is 23.2. The van der Waals surface area contributed by atoms with E-state index in [1.807, 2.05) is 55.4 Å². The number of rotatable bonds is 12. The highest BCUT2D eigenvalue weighted by Crippen LogP contribution is 2.41. The van der Waals surface area contributed by atoms with Crippen molar-refractivity contribution in [3.05, 3.63) is 101 Å². The number of benzene rings is 3. The van der Waals surface area contributed by atoms with Crippen LogP contribution in [0, 0.1) is 11.6 Å². The number of nitrogens with zero attached hydrogens (tertiary/aromatic N) is 5. The molecule has 1 aliphatic rings. The van der Waals surface area contributed by atoms with Gasteiger partial charge >= 0.3 is 0 Å². The predicted molar refractivity (Wildman–Crippen MR) is 188 cm³/mol. The second-order valence-electron chi connectivity index (χ2n) is 11.8. The van der Waals surface area contributed by atoms with E-state index in [0.29, 0.717) is 46.0 Å². The van der Waals surface area contributed by atoms with E-state index >= 15 is 0 Å². The summed E-state index contributed by atoms with van der Waals surface area (Å²) in [5.41, 5.74) is 2.95. The van der Waals surface area contributed by atoms with E-state index in [9.17, 15) is 13.6 Å². The molecule has 3 heterocycles. The lowest BCUT2D eigenvalue weighted by Gasteiger charge is -2.25. The van der Waals surface area contributed by atoms with Crippen molar-refractivity contribution in [2.75, 3.05) is 50.6 Å². The number of piperidine rings is 1. The number of anilines is 3. The average molecular weight is 689 g/mol. The first kappa shape index (κ1) is 33.5. The van der Waals surface area contributed by atoms with Gasteiger partial charge < -0.3 is 19.9 Å². The minimum Gasteiger partial charge on any atom is -0.491 e. The van der Waals surface area contributed by atoms with E-state index in [1.165, 1.54) is 12.5 Å². The fourth-order valence-corrected chi connectivity index (χ4v) is 6.82. The topological polar surface area (TPSA) is 83.5 Å². The molecular formula is C36H35ClF2N6O2S. The number of carbonyl (C=O) groups is 1. The smallest absolute Gasteiger partial charge is 0.227 e. The fourth-order valence-electron chi connectivity index (χ4n) is 5.47. The molecule has 0 atom stereocenters. The van der Waals surface area contributed by atoms with Gasteiger partial charge in [-0.15, -0.1) is 0 Å². The molecule has 12 heteroatoms. The maximum atomic E-state index is 14.3. The van der Waals surface area contributed by atoms with E-state index < -0.39 is 23.0 Å². The van der Waals surface area contributed by atoms with Crippen molar-refractivity contribution in [2.45, 2.75) is 25.7 Å². The zero-order valence-electron chi connectivity index (χ0n) is 26.7. The summed E-state index contributed by atoms with van der Waals surface area (Å²) < 4.78 is 34.5. The van der Waals surface area contributed by atoms with Gasteiger partial charge in [0, 0.05) is 43.5 Å². The van der Waals surface area contributed by atoms with Gasteiger partial charge in [-0.3, -0.25) is 4.79 Å². The number of aromatic nitrogens is 3. The number of carbonyl (C=O) groups excluding carboxylic acids is 1. The number of likely N-dealkylation sites (N-methyl/N-ethyl adjacent to an activating group) is 1. The van der Waals surface area contributed by atoms with Gasteiger partial charge in [-0.25, -0.2) is 23.7 Å². The molecule has 0 bridgehead atoms. The van der Waals surface area contributed by atoms with Gasteiger partial charge in [-0.1, -0.05) is 47.2 Å². The fraction of sp³-hybridized carbons (Fsp3) is 0.278. The Bertz CT molecular complexity index is 1890.